The molecular formula is C8H15N5O. The van der Waals surface area contributed by atoms with Crippen LogP contribution in [-0.2, 0) is 11.3 Å². The van der Waals surface area contributed by atoms with Crippen LogP contribution in [0.5, 0.6) is 0 Å². The Morgan fingerprint density at radius 2 is 2.50 bits per heavy atom. The summed E-state index contributed by atoms with van der Waals surface area (Å²) in [6.45, 7) is 1.17. The molecule has 1 aromatic heterocycles. The minimum absolute atomic E-state index is 0.0933. The minimum Gasteiger partial charge on any atom is -0.338 e. The predicted molar refractivity (Wildman–Crippen MR) is 51.4 cm³/mol. The lowest BCUT2D eigenvalue weighted by Gasteiger charge is -2.14. The second-order valence-electron chi connectivity index (χ2n) is 3.04. The summed E-state index contributed by atoms with van der Waals surface area (Å²) in [5.74, 6) is 0.793. The number of nitrogens with zero attached hydrogens (tertiary/aromatic N) is 3. The van der Waals surface area contributed by atoms with Crippen LogP contribution in [0.1, 0.15) is 12.2 Å². The van der Waals surface area contributed by atoms with Crippen molar-refractivity contribution in [2.24, 2.45) is 0 Å². The van der Waals surface area contributed by atoms with Gasteiger partial charge < -0.3 is 10.2 Å². The van der Waals surface area contributed by atoms with Gasteiger partial charge >= 0.3 is 0 Å². The highest BCUT2D eigenvalue weighted by Gasteiger charge is 2.09. The fourth-order valence-corrected chi connectivity index (χ4v) is 1.04. The lowest BCUT2D eigenvalue weighted by Crippen LogP contribution is -2.29. The van der Waals surface area contributed by atoms with E-state index in [2.05, 4.69) is 20.5 Å². The highest BCUT2D eigenvalue weighted by atomic mass is 16.2. The number of nitrogens with one attached hydrogen (secondary N) is 2. The molecule has 0 atom stereocenters. The molecule has 0 saturated heterocycles. The molecule has 6 nitrogen and oxygen atoms in total. The van der Waals surface area contributed by atoms with E-state index >= 15 is 0 Å². The first-order valence-corrected chi connectivity index (χ1v) is 4.47. The smallest absolute Gasteiger partial charge is 0.223 e. The summed E-state index contributed by atoms with van der Waals surface area (Å²) in [6.07, 6.45) is 1.93. The lowest BCUT2D eigenvalue weighted by atomic mass is 10.3. The third-order valence-corrected chi connectivity index (χ3v) is 1.87. The second kappa shape index (κ2) is 5.33. The highest BCUT2D eigenvalue weighted by Crippen LogP contribution is 1.96. The van der Waals surface area contributed by atoms with Gasteiger partial charge in [-0.3, -0.25) is 9.89 Å². The van der Waals surface area contributed by atoms with E-state index in [0.29, 0.717) is 25.3 Å². The van der Waals surface area contributed by atoms with Crippen LogP contribution in [0.4, 0.5) is 0 Å². The number of aromatic amines is 1. The summed E-state index contributed by atoms with van der Waals surface area (Å²) >= 11 is 0. The molecular weight excluding hydrogens is 182 g/mol. The van der Waals surface area contributed by atoms with E-state index in [4.69, 9.17) is 0 Å². The molecule has 0 aromatic carbocycles. The molecule has 0 unspecified atom stereocenters. The molecule has 78 valence electrons. The van der Waals surface area contributed by atoms with E-state index in [1.54, 1.807) is 11.9 Å². The molecule has 14 heavy (non-hydrogen) atoms. The van der Waals surface area contributed by atoms with Crippen LogP contribution in [0, 0.1) is 0 Å². The Labute approximate surface area is 82.7 Å². The van der Waals surface area contributed by atoms with Gasteiger partial charge in [0.2, 0.25) is 5.91 Å². The van der Waals surface area contributed by atoms with Gasteiger partial charge in [-0.1, -0.05) is 0 Å². The van der Waals surface area contributed by atoms with Gasteiger partial charge in [-0.25, -0.2) is 4.98 Å². The van der Waals surface area contributed by atoms with Crippen molar-refractivity contribution in [3.8, 4) is 0 Å². The number of carbonyl (C=O) groups is 1. The van der Waals surface area contributed by atoms with Crippen molar-refractivity contribution in [2.45, 2.75) is 13.0 Å². The zero-order valence-corrected chi connectivity index (χ0v) is 8.45. The Hall–Kier alpha value is -1.43. The fraction of sp³-hybridized carbons (Fsp3) is 0.625. The quantitative estimate of drug-likeness (QED) is 0.659. The zero-order valence-electron chi connectivity index (χ0n) is 8.45. The molecule has 1 rings (SSSR count). The van der Waals surface area contributed by atoms with Gasteiger partial charge in [0.15, 0.2) is 0 Å². The van der Waals surface area contributed by atoms with Crippen molar-refractivity contribution in [1.82, 2.24) is 25.4 Å². The van der Waals surface area contributed by atoms with Crippen molar-refractivity contribution < 1.29 is 4.79 Å². The van der Waals surface area contributed by atoms with Crippen molar-refractivity contribution in [1.29, 1.82) is 0 Å². The third kappa shape index (κ3) is 3.14. The summed E-state index contributed by atoms with van der Waals surface area (Å²) in [5, 5.41) is 9.35. The summed E-state index contributed by atoms with van der Waals surface area (Å²) in [7, 11) is 3.57. The minimum atomic E-state index is 0.0933. The maximum atomic E-state index is 11.5. The Balaban J connectivity index is 2.34. The lowest BCUT2D eigenvalue weighted by molar-refractivity contribution is -0.130. The molecule has 0 saturated carbocycles. The molecule has 0 fully saturated rings. The van der Waals surface area contributed by atoms with Gasteiger partial charge in [0.25, 0.3) is 0 Å². The molecule has 1 heterocycles. The molecule has 1 aromatic rings. The van der Waals surface area contributed by atoms with Gasteiger partial charge in [-0.15, -0.1) is 0 Å². The number of H-pyrrole nitrogens is 1. The van der Waals surface area contributed by atoms with Gasteiger partial charge in [-0.2, -0.15) is 5.10 Å². The Morgan fingerprint density at radius 1 is 1.71 bits per heavy atom. The van der Waals surface area contributed by atoms with Crippen molar-refractivity contribution in [3.63, 3.8) is 0 Å². The van der Waals surface area contributed by atoms with E-state index in [1.807, 2.05) is 7.05 Å². The second-order valence-corrected chi connectivity index (χ2v) is 3.04. The number of rotatable bonds is 5. The van der Waals surface area contributed by atoms with E-state index in [9.17, 15) is 4.79 Å². The van der Waals surface area contributed by atoms with Crippen LogP contribution in [0.15, 0.2) is 6.33 Å². The molecule has 0 spiro atoms. The van der Waals surface area contributed by atoms with Gasteiger partial charge in [-0.05, 0) is 7.05 Å². The van der Waals surface area contributed by atoms with Crippen LogP contribution in [0.25, 0.3) is 0 Å². The van der Waals surface area contributed by atoms with Gasteiger partial charge in [0, 0.05) is 20.0 Å². The summed E-state index contributed by atoms with van der Waals surface area (Å²) in [6, 6.07) is 0. The first-order chi connectivity index (χ1) is 6.74. The summed E-state index contributed by atoms with van der Waals surface area (Å²) in [5.41, 5.74) is 0. The number of carbonyl (C=O) groups excluding carboxylic acids is 1. The maximum Gasteiger partial charge on any atom is 0.223 e. The van der Waals surface area contributed by atoms with Crippen LogP contribution < -0.4 is 5.32 Å². The Bertz CT molecular complexity index is 271. The Kier molecular flexibility index (Phi) is 4.06. The molecule has 0 aliphatic carbocycles. The summed E-state index contributed by atoms with van der Waals surface area (Å²) < 4.78 is 0. The first-order valence-electron chi connectivity index (χ1n) is 4.47. The van der Waals surface area contributed by atoms with Crippen LogP contribution in [0.2, 0.25) is 0 Å². The standard InChI is InChI=1S/C8H15N5O/c1-9-4-3-8(14)13(2)5-7-10-6-11-12-7/h6,9H,3-5H2,1-2H3,(H,10,11,12). The number of hydrogen-bond donors (Lipinski definition) is 2. The van der Waals surface area contributed by atoms with E-state index in [1.165, 1.54) is 6.33 Å². The van der Waals surface area contributed by atoms with E-state index in [0.717, 1.165) is 0 Å². The van der Waals surface area contributed by atoms with E-state index in [-0.39, 0.29) is 5.91 Å². The Morgan fingerprint density at radius 3 is 3.07 bits per heavy atom. The first kappa shape index (κ1) is 10.6. The molecule has 6 heteroatoms. The van der Waals surface area contributed by atoms with Crippen molar-refractivity contribution in [3.05, 3.63) is 12.2 Å². The third-order valence-electron chi connectivity index (χ3n) is 1.87. The number of aromatic nitrogens is 3. The average Bonchev–Trinajstić information content (AvgIpc) is 2.66. The SMILES string of the molecule is CNCCC(=O)N(C)Cc1ncn[nH]1. The molecule has 0 bridgehead atoms. The normalized spacial score (nSPS) is 10.1. The number of hydrogen-bond acceptors (Lipinski definition) is 4. The van der Waals surface area contributed by atoms with Gasteiger partial charge in [0.1, 0.15) is 12.2 Å². The monoisotopic (exact) mass is 197 g/mol. The topological polar surface area (TPSA) is 73.9 Å². The fourth-order valence-electron chi connectivity index (χ4n) is 1.04. The van der Waals surface area contributed by atoms with Gasteiger partial charge in [0.05, 0.1) is 6.54 Å². The highest BCUT2D eigenvalue weighted by molar-refractivity contribution is 5.75. The molecule has 0 aliphatic rings. The molecule has 0 radical (unpaired) electrons. The maximum absolute atomic E-state index is 11.5. The zero-order chi connectivity index (χ0) is 10.4. The summed E-state index contributed by atoms with van der Waals surface area (Å²) in [4.78, 5) is 17.0. The number of amides is 1. The average molecular weight is 197 g/mol. The molecule has 2 N–H and O–H groups in total. The predicted octanol–water partition coefficient (Wildman–Crippen LogP) is -0.627. The molecule has 1 amide bonds. The van der Waals surface area contributed by atoms with Crippen molar-refractivity contribution >= 4 is 5.91 Å². The van der Waals surface area contributed by atoms with Crippen molar-refractivity contribution in [2.75, 3.05) is 20.6 Å². The van der Waals surface area contributed by atoms with Crippen LogP contribution >= 0.6 is 0 Å². The molecule has 0 aliphatic heterocycles. The van der Waals surface area contributed by atoms with E-state index < -0.39 is 0 Å². The van der Waals surface area contributed by atoms with Crippen LogP contribution in [0.3, 0.4) is 0 Å². The largest absolute Gasteiger partial charge is 0.338 e. The van der Waals surface area contributed by atoms with Crippen LogP contribution in [-0.4, -0.2) is 46.6 Å².